The molecule has 0 bridgehead atoms. The second-order valence-corrected chi connectivity index (χ2v) is 2.20. The third-order valence-electron chi connectivity index (χ3n) is 1.34. The quantitative estimate of drug-likeness (QED) is 0.207. The maximum atomic E-state index is 5.30. The van der Waals surface area contributed by atoms with Crippen LogP contribution >= 0.6 is 0 Å². The normalized spacial score (nSPS) is 11.7. The van der Waals surface area contributed by atoms with Gasteiger partial charge in [-0.2, -0.15) is 0 Å². The maximum Gasteiger partial charge on any atom is 0.203 e. The molecule has 0 saturated heterocycles. The van der Waals surface area contributed by atoms with Crippen molar-refractivity contribution in [1.29, 1.82) is 0 Å². The Labute approximate surface area is 69.4 Å². The predicted molar refractivity (Wildman–Crippen MR) is 43.7 cm³/mol. The molecule has 12 heavy (non-hydrogen) atoms. The molecule has 5 N–H and O–H groups in total. The van der Waals surface area contributed by atoms with Crippen LogP contribution in [0.4, 0.5) is 0 Å². The van der Waals surface area contributed by atoms with Gasteiger partial charge in [0.05, 0.1) is 0 Å². The fourth-order valence-corrected chi connectivity index (χ4v) is 0.652. The number of aryl methyl sites for hydroxylation is 1. The topological polar surface area (TPSA) is 107 Å². The molecule has 7 nitrogen and oxygen atoms in total. The van der Waals surface area contributed by atoms with E-state index in [-0.39, 0.29) is 5.96 Å². The van der Waals surface area contributed by atoms with E-state index < -0.39 is 0 Å². The molecule has 0 aliphatic rings. The zero-order valence-electron chi connectivity index (χ0n) is 6.73. The zero-order valence-corrected chi connectivity index (χ0v) is 6.73. The minimum absolute atomic E-state index is 0.179. The van der Waals surface area contributed by atoms with Gasteiger partial charge in [0.1, 0.15) is 12.9 Å². The Morgan fingerprint density at radius 2 is 2.58 bits per heavy atom. The number of hydrogen-bond acceptors (Lipinski definition) is 4. The van der Waals surface area contributed by atoms with Gasteiger partial charge in [-0.05, 0) is 0 Å². The fourth-order valence-electron chi connectivity index (χ4n) is 0.652. The predicted octanol–water partition coefficient (Wildman–Crippen LogP) is -1.91. The van der Waals surface area contributed by atoms with Gasteiger partial charge in [0.25, 0.3) is 0 Å². The van der Waals surface area contributed by atoms with E-state index in [2.05, 4.69) is 20.6 Å². The van der Waals surface area contributed by atoms with Crippen molar-refractivity contribution in [3.05, 3.63) is 12.2 Å². The SMILES string of the molecule is Cn1cnnc1CN=C(N)NN. The molecule has 1 aromatic heterocycles. The minimum atomic E-state index is 0.179. The van der Waals surface area contributed by atoms with Crippen molar-refractivity contribution in [1.82, 2.24) is 20.2 Å². The summed E-state index contributed by atoms with van der Waals surface area (Å²) in [6.07, 6.45) is 1.59. The average Bonchev–Trinajstić information content (AvgIpc) is 2.47. The molecule has 0 aromatic carbocycles. The first-order valence-corrected chi connectivity index (χ1v) is 3.33. The first kappa shape index (κ1) is 8.47. The molecule has 0 atom stereocenters. The highest BCUT2D eigenvalue weighted by molar-refractivity contribution is 5.76. The summed E-state index contributed by atoms with van der Waals surface area (Å²) in [6, 6.07) is 0. The first-order chi connectivity index (χ1) is 5.74. The number of aromatic nitrogens is 3. The van der Waals surface area contributed by atoms with E-state index >= 15 is 0 Å². The summed E-state index contributed by atoms with van der Waals surface area (Å²) in [4.78, 5) is 3.88. The van der Waals surface area contributed by atoms with Gasteiger partial charge in [-0.3, -0.25) is 5.43 Å². The molecule has 0 aliphatic carbocycles. The van der Waals surface area contributed by atoms with Crippen LogP contribution in [-0.2, 0) is 13.6 Å². The summed E-state index contributed by atoms with van der Waals surface area (Å²) in [6.45, 7) is 0.368. The van der Waals surface area contributed by atoms with Crippen molar-refractivity contribution in [3.8, 4) is 0 Å². The van der Waals surface area contributed by atoms with Crippen LogP contribution < -0.4 is 17.0 Å². The van der Waals surface area contributed by atoms with Gasteiger partial charge in [0.2, 0.25) is 5.96 Å². The van der Waals surface area contributed by atoms with Crippen LogP contribution in [0.2, 0.25) is 0 Å². The molecule has 0 fully saturated rings. The Balaban J connectivity index is 2.59. The number of rotatable bonds is 2. The van der Waals surface area contributed by atoms with Crippen LogP contribution in [0.3, 0.4) is 0 Å². The Kier molecular flexibility index (Phi) is 2.59. The highest BCUT2D eigenvalue weighted by atomic mass is 15.3. The number of hydrazine groups is 1. The first-order valence-electron chi connectivity index (χ1n) is 3.33. The molecule has 1 rings (SSSR count). The van der Waals surface area contributed by atoms with Crippen LogP contribution in [0, 0.1) is 0 Å². The highest BCUT2D eigenvalue weighted by Gasteiger charge is 1.97. The lowest BCUT2D eigenvalue weighted by Crippen LogP contribution is -2.37. The second kappa shape index (κ2) is 3.67. The van der Waals surface area contributed by atoms with E-state index in [0.717, 1.165) is 5.82 Å². The van der Waals surface area contributed by atoms with E-state index in [0.29, 0.717) is 6.54 Å². The lowest BCUT2D eigenvalue weighted by molar-refractivity contribution is 0.787. The zero-order chi connectivity index (χ0) is 8.97. The standard InChI is InChI=1S/C5H11N7/c1-12-3-9-11-4(12)2-8-5(6)10-7/h3H,2,7H2,1H3,(H3,6,8,10). The molecular formula is C5H11N7. The molecule has 0 saturated carbocycles. The van der Waals surface area contributed by atoms with E-state index in [1.165, 1.54) is 0 Å². The molecule has 0 unspecified atom stereocenters. The van der Waals surface area contributed by atoms with Crippen LogP contribution in [-0.4, -0.2) is 20.7 Å². The summed E-state index contributed by atoms with van der Waals surface area (Å²) >= 11 is 0. The summed E-state index contributed by atoms with van der Waals surface area (Å²) in [5.74, 6) is 5.91. The minimum Gasteiger partial charge on any atom is -0.369 e. The van der Waals surface area contributed by atoms with Gasteiger partial charge in [-0.15, -0.1) is 10.2 Å². The molecule has 0 aliphatic heterocycles. The number of aliphatic imine (C=N–C) groups is 1. The lowest BCUT2D eigenvalue weighted by atomic mass is 10.6. The molecule has 7 heteroatoms. The summed E-state index contributed by atoms with van der Waals surface area (Å²) in [5.41, 5.74) is 7.51. The number of nitrogens with one attached hydrogen (secondary N) is 1. The Morgan fingerprint density at radius 1 is 1.83 bits per heavy atom. The van der Waals surface area contributed by atoms with E-state index in [1.807, 2.05) is 7.05 Å². The summed E-state index contributed by atoms with van der Waals surface area (Å²) < 4.78 is 1.76. The van der Waals surface area contributed by atoms with E-state index in [9.17, 15) is 0 Å². The van der Waals surface area contributed by atoms with Crippen LogP contribution in [0.1, 0.15) is 5.82 Å². The monoisotopic (exact) mass is 169 g/mol. The van der Waals surface area contributed by atoms with E-state index in [1.54, 1.807) is 10.9 Å². The molecule has 1 aromatic rings. The number of nitrogens with two attached hydrogens (primary N) is 2. The van der Waals surface area contributed by atoms with Gasteiger partial charge in [0, 0.05) is 7.05 Å². The molecule has 0 spiro atoms. The lowest BCUT2D eigenvalue weighted by Gasteiger charge is -1.97. The highest BCUT2D eigenvalue weighted by Crippen LogP contribution is 1.92. The summed E-state index contributed by atoms with van der Waals surface area (Å²) in [7, 11) is 1.83. The van der Waals surface area contributed by atoms with Crippen molar-refractivity contribution in [2.75, 3.05) is 0 Å². The van der Waals surface area contributed by atoms with E-state index in [4.69, 9.17) is 11.6 Å². The molecule has 1 heterocycles. The molecule has 0 amide bonds. The third-order valence-corrected chi connectivity index (χ3v) is 1.34. The van der Waals surface area contributed by atoms with Crippen LogP contribution in [0.25, 0.3) is 0 Å². The van der Waals surface area contributed by atoms with Gasteiger partial charge >= 0.3 is 0 Å². The molecule has 66 valence electrons. The smallest absolute Gasteiger partial charge is 0.203 e. The van der Waals surface area contributed by atoms with Crippen molar-refractivity contribution >= 4 is 5.96 Å². The van der Waals surface area contributed by atoms with Crippen LogP contribution in [0.15, 0.2) is 11.3 Å². The Bertz CT molecular complexity index is 275. The molecule has 0 radical (unpaired) electrons. The number of nitrogens with zero attached hydrogens (tertiary/aromatic N) is 4. The fraction of sp³-hybridized carbons (Fsp3) is 0.400. The van der Waals surface area contributed by atoms with Gasteiger partial charge < -0.3 is 10.3 Å². The third kappa shape index (κ3) is 1.92. The Hall–Kier alpha value is -1.63. The Morgan fingerprint density at radius 3 is 3.08 bits per heavy atom. The second-order valence-electron chi connectivity index (χ2n) is 2.20. The van der Waals surface area contributed by atoms with Gasteiger partial charge in [0.15, 0.2) is 5.82 Å². The van der Waals surface area contributed by atoms with Gasteiger partial charge in [-0.1, -0.05) is 0 Å². The van der Waals surface area contributed by atoms with Crippen molar-refractivity contribution in [2.45, 2.75) is 6.54 Å². The largest absolute Gasteiger partial charge is 0.369 e. The maximum absolute atomic E-state index is 5.30. The molecular weight excluding hydrogens is 158 g/mol. The average molecular weight is 169 g/mol. The van der Waals surface area contributed by atoms with Gasteiger partial charge in [-0.25, -0.2) is 10.8 Å². The number of hydrogen-bond donors (Lipinski definition) is 3. The van der Waals surface area contributed by atoms with Crippen molar-refractivity contribution < 1.29 is 0 Å². The number of guanidine groups is 1. The van der Waals surface area contributed by atoms with Crippen molar-refractivity contribution in [3.63, 3.8) is 0 Å². The van der Waals surface area contributed by atoms with Crippen molar-refractivity contribution in [2.24, 2.45) is 23.6 Å². The van der Waals surface area contributed by atoms with Crippen LogP contribution in [0.5, 0.6) is 0 Å². The summed E-state index contributed by atoms with van der Waals surface area (Å²) in [5, 5.41) is 7.48.